The maximum atomic E-state index is 11.6. The average molecular weight is 369 g/mol. The monoisotopic (exact) mass is 368 g/mol. The van der Waals surface area contributed by atoms with Gasteiger partial charge in [0.15, 0.2) is 0 Å². The third kappa shape index (κ3) is 5.61. The van der Waals surface area contributed by atoms with E-state index in [1.54, 1.807) is 0 Å². The molecule has 0 spiro atoms. The Labute approximate surface area is 141 Å². The van der Waals surface area contributed by atoms with Crippen LogP contribution < -0.4 is 10.6 Å². The van der Waals surface area contributed by atoms with Crippen molar-refractivity contribution in [3.05, 3.63) is 34.3 Å². The summed E-state index contributed by atoms with van der Waals surface area (Å²) in [5.74, 6) is 0. The predicted octanol–water partition coefficient (Wildman–Crippen LogP) is 4.16. The Morgan fingerprint density at radius 1 is 1.32 bits per heavy atom. The van der Waals surface area contributed by atoms with Crippen molar-refractivity contribution in [2.45, 2.75) is 57.7 Å². The van der Waals surface area contributed by atoms with E-state index in [9.17, 15) is 4.79 Å². The first kappa shape index (κ1) is 17.3. The number of ether oxygens (including phenoxy) is 1. The van der Waals surface area contributed by atoms with Gasteiger partial charge in [0.2, 0.25) is 0 Å². The van der Waals surface area contributed by atoms with Gasteiger partial charge in [-0.05, 0) is 57.7 Å². The second-order valence-corrected chi connectivity index (χ2v) is 7.68. The number of alkyl carbamates (subject to hydrolysis) is 1. The Kier molecular flexibility index (Phi) is 5.87. The zero-order valence-corrected chi connectivity index (χ0v) is 15.1. The van der Waals surface area contributed by atoms with E-state index in [2.05, 4.69) is 50.8 Å². The van der Waals surface area contributed by atoms with Crippen LogP contribution >= 0.6 is 15.9 Å². The summed E-state index contributed by atoms with van der Waals surface area (Å²) in [4.78, 5) is 11.6. The molecule has 1 amide bonds. The second kappa shape index (κ2) is 7.47. The molecule has 0 aromatic heterocycles. The average Bonchev–Trinajstić information content (AvgIpc) is 2.86. The zero-order valence-electron chi connectivity index (χ0n) is 13.5. The molecule has 1 aromatic carbocycles. The lowest BCUT2D eigenvalue weighted by Crippen LogP contribution is -2.35. The molecule has 5 heteroatoms. The number of rotatable bonds is 4. The van der Waals surface area contributed by atoms with E-state index in [1.807, 2.05) is 20.8 Å². The third-order valence-corrected chi connectivity index (χ3v) is 4.20. The SMILES string of the molecule is CC(C)(C)OC(=O)NCC[C@H]1CC[C@H](c2ccc(Br)cc2)N1. The molecule has 1 aromatic rings. The summed E-state index contributed by atoms with van der Waals surface area (Å²) in [5, 5.41) is 6.46. The summed E-state index contributed by atoms with van der Waals surface area (Å²) in [6.07, 6.45) is 2.86. The summed E-state index contributed by atoms with van der Waals surface area (Å²) in [5.41, 5.74) is 0.883. The van der Waals surface area contributed by atoms with Gasteiger partial charge in [0.05, 0.1) is 0 Å². The van der Waals surface area contributed by atoms with Gasteiger partial charge in [0, 0.05) is 23.1 Å². The Morgan fingerprint density at radius 3 is 2.64 bits per heavy atom. The molecular formula is C17H25BrN2O2. The number of hydrogen-bond donors (Lipinski definition) is 2. The van der Waals surface area contributed by atoms with E-state index in [0.29, 0.717) is 18.6 Å². The highest BCUT2D eigenvalue weighted by Gasteiger charge is 2.24. The lowest BCUT2D eigenvalue weighted by molar-refractivity contribution is 0.0526. The molecule has 1 aliphatic rings. The molecule has 122 valence electrons. The first-order valence-electron chi connectivity index (χ1n) is 7.82. The van der Waals surface area contributed by atoms with Crippen LogP contribution in [0.4, 0.5) is 4.79 Å². The fourth-order valence-corrected chi connectivity index (χ4v) is 2.93. The summed E-state index contributed by atoms with van der Waals surface area (Å²) >= 11 is 3.46. The Bertz CT molecular complexity index is 496. The lowest BCUT2D eigenvalue weighted by atomic mass is 10.1. The van der Waals surface area contributed by atoms with Crippen LogP contribution in [0.15, 0.2) is 28.7 Å². The molecule has 4 nitrogen and oxygen atoms in total. The number of carbonyl (C=O) groups excluding carboxylic acids is 1. The Balaban J connectivity index is 1.71. The topological polar surface area (TPSA) is 50.4 Å². The molecule has 1 heterocycles. The van der Waals surface area contributed by atoms with Crippen LogP contribution in [0.5, 0.6) is 0 Å². The van der Waals surface area contributed by atoms with Gasteiger partial charge in [-0.15, -0.1) is 0 Å². The van der Waals surface area contributed by atoms with Crippen LogP contribution in [-0.4, -0.2) is 24.3 Å². The summed E-state index contributed by atoms with van der Waals surface area (Å²) in [7, 11) is 0. The molecular weight excluding hydrogens is 344 g/mol. The fourth-order valence-electron chi connectivity index (χ4n) is 2.67. The molecule has 2 rings (SSSR count). The highest BCUT2D eigenvalue weighted by atomic mass is 79.9. The molecule has 0 bridgehead atoms. The van der Waals surface area contributed by atoms with Crippen LogP contribution in [0.2, 0.25) is 0 Å². The number of carbonyl (C=O) groups is 1. The molecule has 0 saturated carbocycles. The van der Waals surface area contributed by atoms with Crippen molar-refractivity contribution in [2.24, 2.45) is 0 Å². The van der Waals surface area contributed by atoms with Crippen LogP contribution in [0.1, 0.15) is 51.6 Å². The predicted molar refractivity (Wildman–Crippen MR) is 91.9 cm³/mol. The highest BCUT2D eigenvalue weighted by Crippen LogP contribution is 2.28. The maximum absolute atomic E-state index is 11.6. The van der Waals surface area contributed by atoms with E-state index < -0.39 is 5.60 Å². The molecule has 2 atom stereocenters. The minimum absolute atomic E-state index is 0.338. The van der Waals surface area contributed by atoms with Gasteiger partial charge < -0.3 is 15.4 Å². The van der Waals surface area contributed by atoms with E-state index in [4.69, 9.17) is 4.74 Å². The van der Waals surface area contributed by atoms with Crippen LogP contribution in [0.3, 0.4) is 0 Å². The van der Waals surface area contributed by atoms with Gasteiger partial charge in [-0.2, -0.15) is 0 Å². The van der Waals surface area contributed by atoms with Crippen molar-refractivity contribution in [3.63, 3.8) is 0 Å². The van der Waals surface area contributed by atoms with Crippen molar-refractivity contribution in [2.75, 3.05) is 6.54 Å². The number of halogens is 1. The largest absolute Gasteiger partial charge is 0.444 e. The number of nitrogens with one attached hydrogen (secondary N) is 2. The minimum Gasteiger partial charge on any atom is -0.444 e. The van der Waals surface area contributed by atoms with Crippen molar-refractivity contribution in [3.8, 4) is 0 Å². The molecule has 1 aliphatic heterocycles. The van der Waals surface area contributed by atoms with Crippen LogP contribution in [-0.2, 0) is 4.74 Å². The van der Waals surface area contributed by atoms with Crippen molar-refractivity contribution < 1.29 is 9.53 Å². The van der Waals surface area contributed by atoms with Gasteiger partial charge in [0.1, 0.15) is 5.60 Å². The van der Waals surface area contributed by atoms with E-state index in [0.717, 1.165) is 23.7 Å². The standard InChI is InChI=1S/C17H25BrN2O2/c1-17(2,3)22-16(21)19-11-10-14-8-9-15(20-14)12-4-6-13(18)7-5-12/h4-7,14-15,20H,8-11H2,1-3H3,(H,19,21)/t14-,15-/m1/s1. The van der Waals surface area contributed by atoms with Crippen molar-refractivity contribution in [1.82, 2.24) is 10.6 Å². The van der Waals surface area contributed by atoms with Crippen LogP contribution in [0, 0.1) is 0 Å². The van der Waals surface area contributed by atoms with Gasteiger partial charge in [-0.25, -0.2) is 4.79 Å². The van der Waals surface area contributed by atoms with Crippen molar-refractivity contribution in [1.29, 1.82) is 0 Å². The summed E-state index contributed by atoms with van der Waals surface area (Å²) in [6.45, 7) is 6.25. The highest BCUT2D eigenvalue weighted by molar-refractivity contribution is 9.10. The molecule has 0 aliphatic carbocycles. The second-order valence-electron chi connectivity index (χ2n) is 6.76. The quantitative estimate of drug-likeness (QED) is 0.838. The Hall–Kier alpha value is -1.07. The van der Waals surface area contributed by atoms with Gasteiger partial charge >= 0.3 is 6.09 Å². The summed E-state index contributed by atoms with van der Waals surface area (Å²) in [6, 6.07) is 9.33. The molecule has 1 saturated heterocycles. The lowest BCUT2D eigenvalue weighted by Gasteiger charge is -2.20. The van der Waals surface area contributed by atoms with E-state index in [-0.39, 0.29) is 6.09 Å². The first-order valence-corrected chi connectivity index (χ1v) is 8.61. The zero-order chi connectivity index (χ0) is 16.2. The molecule has 1 fully saturated rings. The van der Waals surface area contributed by atoms with E-state index >= 15 is 0 Å². The van der Waals surface area contributed by atoms with Gasteiger partial charge in [-0.1, -0.05) is 28.1 Å². The molecule has 0 unspecified atom stereocenters. The normalized spacial score (nSPS) is 21.6. The Morgan fingerprint density at radius 2 is 2.00 bits per heavy atom. The summed E-state index contributed by atoms with van der Waals surface area (Å²) < 4.78 is 6.33. The molecule has 22 heavy (non-hydrogen) atoms. The van der Waals surface area contributed by atoms with Crippen molar-refractivity contribution >= 4 is 22.0 Å². The van der Waals surface area contributed by atoms with Gasteiger partial charge in [-0.3, -0.25) is 0 Å². The number of hydrogen-bond acceptors (Lipinski definition) is 3. The number of benzene rings is 1. The maximum Gasteiger partial charge on any atom is 0.407 e. The van der Waals surface area contributed by atoms with Gasteiger partial charge in [0.25, 0.3) is 0 Å². The molecule has 0 radical (unpaired) electrons. The minimum atomic E-state index is -0.442. The third-order valence-electron chi connectivity index (χ3n) is 3.67. The molecule has 2 N–H and O–H groups in total. The van der Waals surface area contributed by atoms with E-state index in [1.165, 1.54) is 5.56 Å². The fraction of sp³-hybridized carbons (Fsp3) is 0.588. The van der Waals surface area contributed by atoms with Crippen LogP contribution in [0.25, 0.3) is 0 Å². The number of amides is 1. The smallest absolute Gasteiger partial charge is 0.407 e. The first-order chi connectivity index (χ1) is 10.3.